The van der Waals surface area contributed by atoms with E-state index in [1.165, 1.54) is 12.8 Å². The molecule has 0 saturated carbocycles. The van der Waals surface area contributed by atoms with E-state index >= 15 is 0 Å². The molecule has 2 heterocycles. The Balaban J connectivity index is 0.000000845. The molecule has 76 valence electrons. The summed E-state index contributed by atoms with van der Waals surface area (Å²) in [6.45, 7) is 0. The highest BCUT2D eigenvalue weighted by molar-refractivity contribution is 5.85. The topological polar surface area (TPSA) is 40.5 Å². The number of piperidine rings is 1. The van der Waals surface area contributed by atoms with E-state index in [1.54, 1.807) is 0 Å². The molecule has 2 fully saturated rings. The van der Waals surface area contributed by atoms with Gasteiger partial charge in [0.25, 0.3) is 0 Å². The van der Waals surface area contributed by atoms with Crippen molar-refractivity contribution in [2.75, 3.05) is 7.05 Å². The Labute approximate surface area is 84.5 Å². The number of hydrogen-bond acceptors (Lipinski definition) is 2. The maximum atomic E-state index is 10.8. The summed E-state index contributed by atoms with van der Waals surface area (Å²) >= 11 is 0. The van der Waals surface area contributed by atoms with Crippen molar-refractivity contribution in [3.05, 3.63) is 0 Å². The number of aliphatic carboxylic acids is 1. The summed E-state index contributed by atoms with van der Waals surface area (Å²) in [7, 11) is 2.13. The second kappa shape index (κ2) is 3.84. The third-order valence-electron chi connectivity index (χ3n) is 3.45. The molecule has 2 aliphatic heterocycles. The van der Waals surface area contributed by atoms with Crippen LogP contribution in [0.2, 0.25) is 0 Å². The van der Waals surface area contributed by atoms with Crippen molar-refractivity contribution in [2.24, 2.45) is 5.92 Å². The molecule has 4 heteroatoms. The van der Waals surface area contributed by atoms with Gasteiger partial charge in [-0.15, -0.1) is 12.4 Å². The van der Waals surface area contributed by atoms with Crippen molar-refractivity contribution in [1.29, 1.82) is 0 Å². The minimum absolute atomic E-state index is 0. The molecule has 0 aliphatic carbocycles. The molecule has 0 aromatic rings. The summed E-state index contributed by atoms with van der Waals surface area (Å²) in [4.78, 5) is 13.1. The summed E-state index contributed by atoms with van der Waals surface area (Å²) in [6.07, 6.45) is 4.13. The molecule has 0 aromatic heterocycles. The number of hydrogen-bond donors (Lipinski definition) is 1. The number of fused-ring (bicyclic) bond motifs is 2. The lowest BCUT2D eigenvalue weighted by atomic mass is 9.91. The Morgan fingerprint density at radius 1 is 1.31 bits per heavy atom. The van der Waals surface area contributed by atoms with Gasteiger partial charge in [-0.05, 0) is 32.7 Å². The Morgan fingerprint density at radius 2 is 1.77 bits per heavy atom. The molecule has 0 amide bonds. The molecular formula is C9H16ClNO2. The SMILES string of the molecule is CN1C2CCC1CC(C(=O)O)C2.Cl. The van der Waals surface area contributed by atoms with Crippen LogP contribution in [0.15, 0.2) is 0 Å². The number of halogens is 1. The van der Waals surface area contributed by atoms with E-state index in [2.05, 4.69) is 11.9 Å². The summed E-state index contributed by atoms with van der Waals surface area (Å²) in [5.41, 5.74) is 0. The van der Waals surface area contributed by atoms with Crippen LogP contribution in [0.4, 0.5) is 0 Å². The highest BCUT2D eigenvalue weighted by atomic mass is 35.5. The normalized spacial score (nSPS) is 38.4. The Morgan fingerprint density at radius 3 is 2.15 bits per heavy atom. The largest absolute Gasteiger partial charge is 0.481 e. The van der Waals surface area contributed by atoms with Gasteiger partial charge in [0.1, 0.15) is 0 Å². The predicted octanol–water partition coefficient (Wildman–Crippen LogP) is 1.37. The van der Waals surface area contributed by atoms with Crippen LogP contribution in [0, 0.1) is 5.92 Å². The zero-order valence-electron chi connectivity index (χ0n) is 7.77. The lowest BCUT2D eigenvalue weighted by Gasteiger charge is -2.34. The lowest BCUT2D eigenvalue weighted by Crippen LogP contribution is -2.41. The summed E-state index contributed by atoms with van der Waals surface area (Å²) in [5, 5.41) is 8.87. The number of nitrogens with zero attached hydrogens (tertiary/aromatic N) is 1. The van der Waals surface area contributed by atoms with Gasteiger partial charge in [0.15, 0.2) is 0 Å². The van der Waals surface area contributed by atoms with Gasteiger partial charge in [-0.25, -0.2) is 0 Å². The molecule has 2 saturated heterocycles. The van der Waals surface area contributed by atoms with Crippen molar-refractivity contribution in [3.63, 3.8) is 0 Å². The lowest BCUT2D eigenvalue weighted by molar-refractivity contribution is -0.144. The average Bonchev–Trinajstić information content (AvgIpc) is 2.30. The van der Waals surface area contributed by atoms with E-state index in [9.17, 15) is 4.79 Å². The van der Waals surface area contributed by atoms with Crippen molar-refractivity contribution in [1.82, 2.24) is 4.90 Å². The monoisotopic (exact) mass is 205 g/mol. The standard InChI is InChI=1S/C9H15NO2.ClH/c1-10-7-2-3-8(10)5-6(4-7)9(11)12;/h6-8H,2-5H2,1H3,(H,11,12);1H. The molecule has 2 atom stereocenters. The predicted molar refractivity (Wildman–Crippen MR) is 52.2 cm³/mol. The Bertz CT molecular complexity index is 196. The first-order valence-electron chi connectivity index (χ1n) is 4.63. The summed E-state index contributed by atoms with van der Waals surface area (Å²) in [5.74, 6) is -0.668. The fraction of sp³-hybridized carbons (Fsp3) is 0.889. The second-order valence-corrected chi connectivity index (χ2v) is 4.06. The van der Waals surface area contributed by atoms with Crippen molar-refractivity contribution < 1.29 is 9.90 Å². The molecule has 2 aliphatic rings. The molecule has 3 nitrogen and oxygen atoms in total. The van der Waals surface area contributed by atoms with Gasteiger partial charge < -0.3 is 10.0 Å². The van der Waals surface area contributed by atoms with Crippen molar-refractivity contribution >= 4 is 18.4 Å². The second-order valence-electron chi connectivity index (χ2n) is 4.06. The number of rotatable bonds is 1. The molecule has 1 N–H and O–H groups in total. The van der Waals surface area contributed by atoms with Crippen LogP contribution in [0.25, 0.3) is 0 Å². The number of carbonyl (C=O) groups is 1. The average molecular weight is 206 g/mol. The molecule has 2 bridgehead atoms. The number of carboxylic acid groups (broad SMARTS) is 1. The van der Waals surface area contributed by atoms with E-state index in [1.807, 2.05) is 0 Å². The Kier molecular flexibility index (Phi) is 3.19. The van der Waals surface area contributed by atoms with Gasteiger partial charge in [-0.2, -0.15) is 0 Å². The van der Waals surface area contributed by atoms with Crippen LogP contribution in [-0.2, 0) is 4.79 Å². The number of carboxylic acids is 1. The van der Waals surface area contributed by atoms with Crippen molar-refractivity contribution in [3.8, 4) is 0 Å². The zero-order valence-corrected chi connectivity index (χ0v) is 8.59. The van der Waals surface area contributed by atoms with Gasteiger partial charge in [0.2, 0.25) is 0 Å². The fourth-order valence-electron chi connectivity index (χ4n) is 2.61. The molecule has 0 radical (unpaired) electrons. The molecule has 0 aromatic carbocycles. The first-order valence-corrected chi connectivity index (χ1v) is 4.63. The minimum Gasteiger partial charge on any atom is -0.481 e. The maximum absolute atomic E-state index is 10.8. The van der Waals surface area contributed by atoms with E-state index < -0.39 is 5.97 Å². The van der Waals surface area contributed by atoms with Crippen LogP contribution in [0.5, 0.6) is 0 Å². The fourth-order valence-corrected chi connectivity index (χ4v) is 2.61. The molecule has 2 rings (SSSR count). The highest BCUT2D eigenvalue weighted by Gasteiger charge is 2.40. The van der Waals surface area contributed by atoms with Gasteiger partial charge in [-0.3, -0.25) is 4.79 Å². The minimum atomic E-state index is -0.597. The van der Waals surface area contributed by atoms with Gasteiger partial charge in [0.05, 0.1) is 5.92 Å². The summed E-state index contributed by atoms with van der Waals surface area (Å²) < 4.78 is 0. The van der Waals surface area contributed by atoms with E-state index in [0.717, 1.165) is 12.8 Å². The molecule has 0 spiro atoms. The van der Waals surface area contributed by atoms with Gasteiger partial charge in [-0.1, -0.05) is 0 Å². The quantitative estimate of drug-likeness (QED) is 0.703. The zero-order chi connectivity index (χ0) is 8.72. The van der Waals surface area contributed by atoms with Crippen LogP contribution in [-0.4, -0.2) is 35.1 Å². The van der Waals surface area contributed by atoms with Crippen LogP contribution < -0.4 is 0 Å². The van der Waals surface area contributed by atoms with E-state index in [0.29, 0.717) is 12.1 Å². The van der Waals surface area contributed by atoms with Crippen molar-refractivity contribution in [2.45, 2.75) is 37.8 Å². The molecular weight excluding hydrogens is 190 g/mol. The molecule has 13 heavy (non-hydrogen) atoms. The first kappa shape index (κ1) is 10.8. The third-order valence-corrected chi connectivity index (χ3v) is 3.45. The molecule has 2 unspecified atom stereocenters. The van der Waals surface area contributed by atoms with Gasteiger partial charge >= 0.3 is 5.97 Å². The highest BCUT2D eigenvalue weighted by Crippen LogP contribution is 2.37. The van der Waals surface area contributed by atoms with Crippen LogP contribution >= 0.6 is 12.4 Å². The first-order chi connectivity index (χ1) is 5.68. The maximum Gasteiger partial charge on any atom is 0.306 e. The van der Waals surface area contributed by atoms with E-state index in [4.69, 9.17) is 5.11 Å². The smallest absolute Gasteiger partial charge is 0.306 e. The van der Waals surface area contributed by atoms with E-state index in [-0.39, 0.29) is 18.3 Å². The Hall–Kier alpha value is -0.280. The van der Waals surface area contributed by atoms with Crippen LogP contribution in [0.1, 0.15) is 25.7 Å². The van der Waals surface area contributed by atoms with Crippen LogP contribution in [0.3, 0.4) is 0 Å². The summed E-state index contributed by atoms with van der Waals surface area (Å²) in [6, 6.07) is 1.09. The third kappa shape index (κ3) is 1.81. The van der Waals surface area contributed by atoms with Gasteiger partial charge in [0, 0.05) is 12.1 Å².